The molecule has 0 aromatic heterocycles. The number of rotatable bonds is 6. The highest BCUT2D eigenvalue weighted by Crippen LogP contribution is 2.33. The number of hydrogen-bond donors (Lipinski definition) is 1. The maximum absolute atomic E-state index is 12.0. The van der Waals surface area contributed by atoms with Gasteiger partial charge >= 0.3 is 12.1 Å². The second-order valence-electron chi connectivity index (χ2n) is 7.05. The molecule has 1 N–H and O–H groups in total. The fourth-order valence-electron chi connectivity index (χ4n) is 2.68. The van der Waals surface area contributed by atoms with E-state index < -0.39 is 23.2 Å². The first kappa shape index (κ1) is 18.7. The summed E-state index contributed by atoms with van der Waals surface area (Å²) in [6, 6.07) is 0.0603. The molecule has 0 aromatic rings. The van der Waals surface area contributed by atoms with Gasteiger partial charge in [-0.25, -0.2) is 4.79 Å². The van der Waals surface area contributed by atoms with Crippen molar-refractivity contribution in [1.29, 1.82) is 0 Å². The normalized spacial score (nSPS) is 18.8. The maximum atomic E-state index is 12.0. The number of likely N-dealkylation sites (N-methyl/N-ethyl adjacent to an activating group) is 1. The van der Waals surface area contributed by atoms with Crippen LogP contribution in [-0.4, -0.2) is 78.0 Å². The van der Waals surface area contributed by atoms with Crippen molar-refractivity contribution in [2.45, 2.75) is 51.3 Å². The number of carbonyl (C=O) groups is 2. The number of methoxy groups -OCH3 is 1. The van der Waals surface area contributed by atoms with Crippen molar-refractivity contribution in [2.24, 2.45) is 0 Å². The first-order valence-corrected chi connectivity index (χ1v) is 7.42. The van der Waals surface area contributed by atoms with Crippen molar-refractivity contribution in [2.75, 3.05) is 33.9 Å². The van der Waals surface area contributed by atoms with Gasteiger partial charge in [0.15, 0.2) is 0 Å². The lowest BCUT2D eigenvalue weighted by atomic mass is 9.84. The highest BCUT2D eigenvalue weighted by Gasteiger charge is 2.51. The summed E-state index contributed by atoms with van der Waals surface area (Å²) in [5.41, 5.74) is -1.13. The van der Waals surface area contributed by atoms with E-state index in [4.69, 9.17) is 9.47 Å². The monoisotopic (exact) mass is 316 g/mol. The van der Waals surface area contributed by atoms with Crippen molar-refractivity contribution in [3.05, 3.63) is 0 Å². The highest BCUT2D eigenvalue weighted by atomic mass is 16.6. The van der Waals surface area contributed by atoms with Gasteiger partial charge in [0.05, 0.1) is 18.6 Å². The second kappa shape index (κ2) is 6.83. The lowest BCUT2D eigenvalue weighted by Gasteiger charge is -2.55. The molecule has 22 heavy (non-hydrogen) atoms. The van der Waals surface area contributed by atoms with Crippen LogP contribution in [-0.2, 0) is 14.3 Å². The van der Waals surface area contributed by atoms with Crippen molar-refractivity contribution in [3.63, 3.8) is 0 Å². The third-order valence-electron chi connectivity index (χ3n) is 3.92. The Balaban J connectivity index is 2.75. The van der Waals surface area contributed by atoms with E-state index >= 15 is 0 Å². The fourth-order valence-corrected chi connectivity index (χ4v) is 2.68. The Kier molecular flexibility index (Phi) is 5.81. The molecule has 7 nitrogen and oxygen atoms in total. The topological polar surface area (TPSA) is 79.3 Å². The van der Waals surface area contributed by atoms with E-state index in [1.807, 2.05) is 39.6 Å². The lowest BCUT2D eigenvalue weighted by molar-refractivity contribution is -0.147. The average Bonchev–Trinajstić information content (AvgIpc) is 2.29. The largest absolute Gasteiger partial charge is 0.481 e. The number of aliphatic carboxylic acids is 1. The van der Waals surface area contributed by atoms with Gasteiger partial charge in [-0.3, -0.25) is 9.69 Å². The molecule has 128 valence electrons. The van der Waals surface area contributed by atoms with Crippen molar-refractivity contribution < 1.29 is 24.2 Å². The number of carboxylic acid groups (broad SMARTS) is 1. The molecule has 7 heteroatoms. The minimum atomic E-state index is -0.875. The molecule has 1 saturated heterocycles. The third kappa shape index (κ3) is 4.58. The zero-order chi connectivity index (χ0) is 17.1. The molecule has 0 bridgehead atoms. The number of carbonyl (C=O) groups excluding carboxylic acids is 1. The predicted molar refractivity (Wildman–Crippen MR) is 81.9 cm³/mol. The highest BCUT2D eigenvalue weighted by molar-refractivity contribution is 5.73. The van der Waals surface area contributed by atoms with Crippen LogP contribution in [0.3, 0.4) is 0 Å². The van der Waals surface area contributed by atoms with Gasteiger partial charge in [0.25, 0.3) is 0 Å². The summed E-state index contributed by atoms with van der Waals surface area (Å²) < 4.78 is 10.5. The Morgan fingerprint density at radius 3 is 2.32 bits per heavy atom. The molecular formula is C15H28N2O5. The van der Waals surface area contributed by atoms with Crippen LogP contribution in [0.25, 0.3) is 0 Å². The summed E-state index contributed by atoms with van der Waals surface area (Å²) in [6.07, 6.45) is -0.419. The van der Waals surface area contributed by atoms with Crippen molar-refractivity contribution >= 4 is 12.1 Å². The zero-order valence-corrected chi connectivity index (χ0v) is 14.4. The Labute approximate surface area is 132 Å². The Morgan fingerprint density at radius 1 is 1.36 bits per heavy atom. The zero-order valence-electron chi connectivity index (χ0n) is 14.4. The summed E-state index contributed by atoms with van der Waals surface area (Å²) >= 11 is 0. The van der Waals surface area contributed by atoms with Gasteiger partial charge in [0.1, 0.15) is 5.60 Å². The summed E-state index contributed by atoms with van der Waals surface area (Å²) in [5.74, 6) is -0.875. The second-order valence-corrected chi connectivity index (χ2v) is 7.05. The molecule has 0 aliphatic carbocycles. The lowest BCUT2D eigenvalue weighted by Crippen LogP contribution is -2.72. The Morgan fingerprint density at radius 2 is 1.91 bits per heavy atom. The van der Waals surface area contributed by atoms with Crippen LogP contribution in [0.1, 0.15) is 34.1 Å². The Hall–Kier alpha value is -1.34. The van der Waals surface area contributed by atoms with E-state index in [1.54, 1.807) is 12.0 Å². The maximum Gasteiger partial charge on any atom is 0.410 e. The molecule has 1 aliphatic heterocycles. The van der Waals surface area contributed by atoms with Crippen molar-refractivity contribution in [3.8, 4) is 0 Å². The number of ether oxygens (including phenoxy) is 2. The summed E-state index contributed by atoms with van der Waals surface area (Å²) in [5, 5.41) is 9.19. The van der Waals surface area contributed by atoms with Gasteiger partial charge < -0.3 is 19.5 Å². The molecule has 1 unspecified atom stereocenters. The molecule has 1 atom stereocenters. The molecule has 1 amide bonds. The van der Waals surface area contributed by atoms with Crippen LogP contribution in [0.5, 0.6) is 0 Å². The number of hydrogen-bond acceptors (Lipinski definition) is 5. The summed E-state index contributed by atoms with van der Waals surface area (Å²) in [7, 11) is 3.49. The van der Waals surface area contributed by atoms with Crippen LogP contribution in [0.2, 0.25) is 0 Å². The number of amides is 1. The van der Waals surface area contributed by atoms with Crippen LogP contribution >= 0.6 is 0 Å². The van der Waals surface area contributed by atoms with Crippen LogP contribution in [0.4, 0.5) is 4.79 Å². The molecule has 1 aliphatic rings. The predicted octanol–water partition coefficient (Wildman–Crippen LogP) is 1.42. The molecule has 0 spiro atoms. The quantitative estimate of drug-likeness (QED) is 0.798. The Bertz CT molecular complexity index is 413. The van der Waals surface area contributed by atoms with Gasteiger partial charge in [0.2, 0.25) is 0 Å². The van der Waals surface area contributed by atoms with E-state index in [2.05, 4.69) is 0 Å². The minimum Gasteiger partial charge on any atom is -0.481 e. The average molecular weight is 316 g/mol. The van der Waals surface area contributed by atoms with E-state index in [-0.39, 0.29) is 12.5 Å². The van der Waals surface area contributed by atoms with Gasteiger partial charge in [-0.1, -0.05) is 0 Å². The first-order chi connectivity index (χ1) is 10.0. The molecule has 1 fully saturated rings. The number of nitrogens with zero attached hydrogens (tertiary/aromatic N) is 2. The van der Waals surface area contributed by atoms with Crippen LogP contribution in [0.15, 0.2) is 0 Å². The first-order valence-electron chi connectivity index (χ1n) is 7.42. The van der Waals surface area contributed by atoms with Gasteiger partial charge in [-0.05, 0) is 34.7 Å². The van der Waals surface area contributed by atoms with Gasteiger partial charge in [-0.2, -0.15) is 0 Å². The number of likely N-dealkylation sites (tertiary alicyclic amines) is 1. The number of carboxylic acids is 1. The fraction of sp³-hybridized carbons (Fsp3) is 0.867. The minimum absolute atomic E-state index is 0.0170. The van der Waals surface area contributed by atoms with Crippen LogP contribution in [0, 0.1) is 0 Å². The molecule has 1 rings (SSSR count). The molecule has 0 radical (unpaired) electrons. The molecule has 0 saturated carbocycles. The van der Waals surface area contributed by atoms with Crippen LogP contribution < -0.4 is 0 Å². The van der Waals surface area contributed by atoms with E-state index in [9.17, 15) is 14.7 Å². The molecule has 0 aromatic carbocycles. The van der Waals surface area contributed by atoms with E-state index in [1.165, 1.54) is 0 Å². The molecular weight excluding hydrogens is 288 g/mol. The molecule has 1 heterocycles. The SMILES string of the molecule is COCC(C)N(C)C1(CC(=O)O)CN(C(=O)OC(C)(C)C)C1. The smallest absolute Gasteiger partial charge is 0.410 e. The third-order valence-corrected chi connectivity index (χ3v) is 3.92. The van der Waals surface area contributed by atoms with Gasteiger partial charge in [-0.15, -0.1) is 0 Å². The summed E-state index contributed by atoms with van der Waals surface area (Å²) in [6.45, 7) is 8.59. The van der Waals surface area contributed by atoms with Gasteiger partial charge in [0, 0.05) is 26.2 Å². The summed E-state index contributed by atoms with van der Waals surface area (Å²) in [4.78, 5) is 26.8. The van der Waals surface area contributed by atoms with E-state index in [0.29, 0.717) is 19.7 Å². The van der Waals surface area contributed by atoms with Crippen molar-refractivity contribution in [1.82, 2.24) is 9.80 Å². The standard InChI is InChI=1S/C15H28N2O5/c1-11(8-21-6)16(5)15(7-12(18)19)9-17(10-15)13(20)22-14(2,3)4/h11H,7-10H2,1-6H3,(H,18,19). The van der Waals surface area contributed by atoms with E-state index in [0.717, 1.165) is 0 Å².